The van der Waals surface area contributed by atoms with Crippen LogP contribution in [0.2, 0.25) is 10.0 Å². The van der Waals surface area contributed by atoms with Crippen LogP contribution in [0.15, 0.2) is 65.7 Å². The molecule has 2 aromatic carbocycles. The molecule has 2 N–H and O–H groups in total. The topological polar surface area (TPSA) is 115 Å². The quantitative estimate of drug-likeness (QED) is 0.431. The lowest BCUT2D eigenvalue weighted by atomic mass is 10.1. The number of nitrogens with zero attached hydrogens (tertiary/aromatic N) is 1. The van der Waals surface area contributed by atoms with Crippen molar-refractivity contribution in [2.24, 2.45) is 0 Å². The van der Waals surface area contributed by atoms with E-state index in [0.29, 0.717) is 11.3 Å². The van der Waals surface area contributed by atoms with Crippen LogP contribution in [0.3, 0.4) is 0 Å². The van der Waals surface area contributed by atoms with Crippen LogP contribution >= 0.6 is 23.2 Å². The summed E-state index contributed by atoms with van der Waals surface area (Å²) in [6.07, 6.45) is 1.16. The maximum atomic E-state index is 13.1. The predicted octanol–water partition coefficient (Wildman–Crippen LogP) is 4.63. The van der Waals surface area contributed by atoms with Gasteiger partial charge in [-0.3, -0.25) is 4.79 Å². The number of hydrogen-bond acceptors (Lipinski definition) is 5. The second-order valence-corrected chi connectivity index (χ2v) is 11.4. The van der Waals surface area contributed by atoms with Crippen LogP contribution in [-0.4, -0.2) is 41.0 Å². The first-order valence-corrected chi connectivity index (χ1v) is 12.7. The fourth-order valence-corrected chi connectivity index (χ4v) is 5.33. The molecule has 0 fully saturated rings. The largest absolute Gasteiger partial charge is 0.488 e. The number of carbonyl (C=O) groups is 2. The summed E-state index contributed by atoms with van der Waals surface area (Å²) in [6.45, 7) is 5.73. The Bertz CT molecular complexity index is 1320. The fourth-order valence-electron chi connectivity index (χ4n) is 3.26. The number of carbonyl (C=O) groups excluding carboxylic acids is 1. The van der Waals surface area contributed by atoms with Crippen molar-refractivity contribution in [3.05, 3.63) is 82.1 Å². The molecule has 8 nitrogen and oxygen atoms in total. The van der Waals surface area contributed by atoms with E-state index in [1.807, 2.05) is 20.8 Å². The van der Waals surface area contributed by atoms with Crippen molar-refractivity contribution in [1.82, 2.24) is 9.29 Å². The van der Waals surface area contributed by atoms with E-state index in [0.717, 1.165) is 3.97 Å². The van der Waals surface area contributed by atoms with Gasteiger partial charge in [0.2, 0.25) is 0 Å². The van der Waals surface area contributed by atoms with E-state index in [4.69, 9.17) is 27.9 Å². The van der Waals surface area contributed by atoms with E-state index < -0.39 is 27.9 Å². The Morgan fingerprint density at radius 3 is 2.20 bits per heavy atom. The van der Waals surface area contributed by atoms with Crippen molar-refractivity contribution in [3.63, 3.8) is 0 Å². The third kappa shape index (κ3) is 6.78. The number of rotatable bonds is 8. The fraction of sp³-hybridized carbons (Fsp3) is 0.250. The van der Waals surface area contributed by atoms with E-state index in [1.54, 1.807) is 24.3 Å². The molecule has 1 atom stereocenters. The van der Waals surface area contributed by atoms with Crippen LogP contribution in [0.1, 0.15) is 36.8 Å². The van der Waals surface area contributed by atoms with Gasteiger partial charge in [-0.1, -0.05) is 35.3 Å². The van der Waals surface area contributed by atoms with Gasteiger partial charge < -0.3 is 15.2 Å². The molecule has 1 aromatic heterocycles. The molecule has 3 rings (SSSR count). The third-order valence-corrected chi connectivity index (χ3v) is 6.83. The number of aliphatic carboxylic acids is 1. The van der Waals surface area contributed by atoms with Gasteiger partial charge in [-0.25, -0.2) is 17.2 Å². The van der Waals surface area contributed by atoms with Crippen LogP contribution in [0, 0.1) is 0 Å². The zero-order valence-corrected chi connectivity index (χ0v) is 21.5. The molecule has 0 unspecified atom stereocenters. The number of carboxylic acid groups (broad SMARTS) is 1. The lowest BCUT2D eigenvalue weighted by Crippen LogP contribution is -2.43. The molecule has 35 heavy (non-hydrogen) atoms. The smallest absolute Gasteiger partial charge is 0.326 e. The number of benzene rings is 2. The highest BCUT2D eigenvalue weighted by Crippen LogP contribution is 2.25. The van der Waals surface area contributed by atoms with Gasteiger partial charge in [0.25, 0.3) is 15.9 Å². The highest BCUT2D eigenvalue weighted by Gasteiger charge is 2.27. The molecule has 0 bridgehead atoms. The van der Waals surface area contributed by atoms with Crippen LogP contribution in [0.4, 0.5) is 0 Å². The van der Waals surface area contributed by atoms with Crippen LogP contribution in [0.25, 0.3) is 0 Å². The van der Waals surface area contributed by atoms with Gasteiger partial charge in [0, 0.05) is 22.7 Å². The molecule has 1 heterocycles. The average molecular weight is 539 g/mol. The van der Waals surface area contributed by atoms with Gasteiger partial charge in [-0.05, 0) is 68.8 Å². The van der Waals surface area contributed by atoms with E-state index in [1.165, 1.54) is 36.5 Å². The number of hydrogen-bond donors (Lipinski definition) is 2. The molecule has 186 valence electrons. The van der Waals surface area contributed by atoms with Crippen LogP contribution < -0.4 is 10.1 Å². The SMILES string of the molecule is CC(C)(C)Oc1ccc(C[C@H](NC(=O)c2cccn2S(=O)(=O)c2cc(Cl)cc(Cl)c2)C(=O)O)cc1. The number of nitrogens with one attached hydrogen (secondary N) is 1. The summed E-state index contributed by atoms with van der Waals surface area (Å²) in [5.41, 5.74) is 0.00176. The second kappa shape index (κ2) is 10.3. The number of amides is 1. The minimum absolute atomic E-state index is 0.0196. The molecule has 0 saturated heterocycles. The van der Waals surface area contributed by atoms with E-state index in [-0.39, 0.29) is 32.7 Å². The van der Waals surface area contributed by atoms with Gasteiger partial charge in [-0.15, -0.1) is 0 Å². The maximum Gasteiger partial charge on any atom is 0.326 e. The molecule has 0 saturated carbocycles. The van der Waals surface area contributed by atoms with E-state index in [2.05, 4.69) is 5.32 Å². The monoisotopic (exact) mass is 538 g/mol. The standard InChI is InChI=1S/C24H24Cl2N2O6S/c1-24(2,3)34-18-8-6-15(7-9-18)11-20(23(30)31)27-22(29)21-5-4-10-28(21)35(32,33)19-13-16(25)12-17(26)14-19/h4-10,12-14,20H,11H2,1-3H3,(H,27,29)(H,30,31)/t20-/m0/s1. The van der Waals surface area contributed by atoms with Gasteiger partial charge in [0.1, 0.15) is 23.1 Å². The minimum Gasteiger partial charge on any atom is -0.488 e. The molecule has 0 spiro atoms. The lowest BCUT2D eigenvalue weighted by Gasteiger charge is -2.21. The Morgan fingerprint density at radius 2 is 1.66 bits per heavy atom. The van der Waals surface area contributed by atoms with Crippen molar-refractivity contribution in [2.45, 2.75) is 43.7 Å². The zero-order valence-electron chi connectivity index (χ0n) is 19.2. The first-order chi connectivity index (χ1) is 16.3. The molecule has 0 aliphatic heterocycles. The Morgan fingerprint density at radius 1 is 1.06 bits per heavy atom. The van der Waals surface area contributed by atoms with Crippen molar-refractivity contribution < 1.29 is 27.9 Å². The number of ether oxygens (including phenoxy) is 1. The Hall–Kier alpha value is -3.01. The third-order valence-electron chi connectivity index (χ3n) is 4.73. The van der Waals surface area contributed by atoms with Gasteiger partial charge in [-0.2, -0.15) is 0 Å². The van der Waals surface area contributed by atoms with Crippen LogP contribution in [-0.2, 0) is 21.2 Å². The highest BCUT2D eigenvalue weighted by molar-refractivity contribution is 7.90. The van der Waals surface area contributed by atoms with E-state index >= 15 is 0 Å². The summed E-state index contributed by atoms with van der Waals surface area (Å²) < 4.78 is 32.7. The average Bonchev–Trinajstić information content (AvgIpc) is 3.24. The number of carboxylic acids is 1. The molecule has 1 amide bonds. The molecular formula is C24H24Cl2N2O6S. The molecule has 0 aliphatic rings. The van der Waals surface area contributed by atoms with Crippen molar-refractivity contribution in [2.75, 3.05) is 0 Å². The van der Waals surface area contributed by atoms with Crippen molar-refractivity contribution in [3.8, 4) is 5.75 Å². The summed E-state index contributed by atoms with van der Waals surface area (Å²) in [5, 5.41) is 12.3. The lowest BCUT2D eigenvalue weighted by molar-refractivity contribution is -0.139. The molecule has 0 radical (unpaired) electrons. The maximum absolute atomic E-state index is 13.1. The Kier molecular flexibility index (Phi) is 7.83. The second-order valence-electron chi connectivity index (χ2n) is 8.73. The summed E-state index contributed by atoms with van der Waals surface area (Å²) >= 11 is 11.9. The summed E-state index contributed by atoms with van der Waals surface area (Å²) in [6, 6.07) is 12.0. The van der Waals surface area contributed by atoms with Crippen molar-refractivity contribution >= 4 is 45.1 Å². The zero-order chi connectivity index (χ0) is 26.0. The van der Waals surface area contributed by atoms with Crippen molar-refractivity contribution in [1.29, 1.82) is 0 Å². The first kappa shape index (κ1) is 26.6. The summed E-state index contributed by atoms with van der Waals surface area (Å²) in [4.78, 5) is 24.6. The Labute approximate surface area is 213 Å². The summed E-state index contributed by atoms with van der Waals surface area (Å²) in [7, 11) is -4.23. The number of aromatic nitrogens is 1. The highest BCUT2D eigenvalue weighted by atomic mass is 35.5. The molecular weight excluding hydrogens is 515 g/mol. The van der Waals surface area contributed by atoms with E-state index in [9.17, 15) is 23.1 Å². The first-order valence-electron chi connectivity index (χ1n) is 10.5. The van der Waals surface area contributed by atoms with Gasteiger partial charge in [0.15, 0.2) is 0 Å². The molecule has 0 aliphatic carbocycles. The normalized spacial score (nSPS) is 12.7. The minimum atomic E-state index is -4.23. The van der Waals surface area contributed by atoms with Gasteiger partial charge >= 0.3 is 5.97 Å². The summed E-state index contributed by atoms with van der Waals surface area (Å²) in [5.74, 6) is -1.51. The predicted molar refractivity (Wildman–Crippen MR) is 133 cm³/mol. The van der Waals surface area contributed by atoms with Crippen LogP contribution in [0.5, 0.6) is 5.75 Å². The van der Waals surface area contributed by atoms with Gasteiger partial charge in [0.05, 0.1) is 4.90 Å². The Balaban J connectivity index is 1.81. The number of halogens is 2. The molecule has 11 heteroatoms. The molecule has 3 aromatic rings.